The third-order valence-electron chi connectivity index (χ3n) is 1.69. The molecule has 0 aromatic heterocycles. The van der Waals surface area contributed by atoms with Crippen molar-refractivity contribution >= 4 is 11.9 Å². The summed E-state index contributed by atoms with van der Waals surface area (Å²) in [6.07, 6.45) is 0.171. The Hall–Kier alpha value is -1.36. The molecule has 0 aromatic rings. The van der Waals surface area contributed by atoms with Crippen molar-refractivity contribution in [2.24, 2.45) is 0 Å². The van der Waals surface area contributed by atoms with Crippen molar-refractivity contribution in [2.75, 3.05) is 13.4 Å². The van der Waals surface area contributed by atoms with E-state index in [1.807, 2.05) is 0 Å². The molecule has 1 rings (SSSR count). The van der Waals surface area contributed by atoms with Crippen LogP contribution in [0.2, 0.25) is 0 Å². The van der Waals surface area contributed by atoms with E-state index in [-0.39, 0.29) is 25.5 Å². The lowest BCUT2D eigenvalue weighted by Crippen LogP contribution is -2.17. The molecule has 1 unspecified atom stereocenters. The van der Waals surface area contributed by atoms with Crippen LogP contribution in [0.25, 0.3) is 0 Å². The van der Waals surface area contributed by atoms with Gasteiger partial charge in [-0.2, -0.15) is 0 Å². The Bertz CT molecular complexity index is 242. The highest BCUT2D eigenvalue weighted by atomic mass is 16.7. The van der Waals surface area contributed by atoms with Gasteiger partial charge in [0.15, 0.2) is 6.79 Å². The van der Waals surface area contributed by atoms with Gasteiger partial charge in [-0.05, 0) is 0 Å². The quantitative estimate of drug-likeness (QED) is 0.284. The summed E-state index contributed by atoms with van der Waals surface area (Å²) in [5.74, 6) is -0.788. The van der Waals surface area contributed by atoms with Gasteiger partial charge in [0.2, 0.25) is 0 Å². The van der Waals surface area contributed by atoms with Crippen LogP contribution in [0.1, 0.15) is 13.3 Å². The predicted molar refractivity (Wildman–Crippen MR) is 46.2 cm³/mol. The Morgan fingerprint density at radius 3 is 2.93 bits per heavy atom. The zero-order valence-corrected chi connectivity index (χ0v) is 7.95. The van der Waals surface area contributed by atoms with Crippen LogP contribution < -0.4 is 0 Å². The van der Waals surface area contributed by atoms with Crippen LogP contribution in [0.5, 0.6) is 0 Å². The Balaban J connectivity index is 2.11. The number of carbonyl (C=O) groups is 2. The van der Waals surface area contributed by atoms with Crippen molar-refractivity contribution in [3.8, 4) is 0 Å². The zero-order chi connectivity index (χ0) is 10.6. The lowest BCUT2D eigenvalue weighted by atomic mass is 10.2. The average Bonchev–Trinajstić information content (AvgIpc) is 2.40. The summed E-state index contributed by atoms with van der Waals surface area (Å²) in [6, 6.07) is 0. The molecule has 0 saturated carbocycles. The second kappa shape index (κ2) is 4.76. The van der Waals surface area contributed by atoms with E-state index in [2.05, 4.69) is 11.3 Å². The Labute approximate surface area is 81.6 Å². The average molecular weight is 200 g/mol. The molecular weight excluding hydrogens is 188 g/mol. The van der Waals surface area contributed by atoms with Crippen LogP contribution in [0.4, 0.5) is 0 Å². The Morgan fingerprint density at radius 1 is 1.71 bits per heavy atom. The maximum atomic E-state index is 10.9. The zero-order valence-electron chi connectivity index (χ0n) is 7.95. The van der Waals surface area contributed by atoms with Gasteiger partial charge in [0.1, 0.15) is 6.10 Å². The molecule has 1 atom stereocenters. The molecular formula is C9H12O5. The van der Waals surface area contributed by atoms with Crippen LogP contribution >= 0.6 is 0 Å². The summed E-state index contributed by atoms with van der Waals surface area (Å²) in [5.41, 5.74) is 0.450. The second-order valence-electron chi connectivity index (χ2n) is 2.96. The van der Waals surface area contributed by atoms with E-state index in [9.17, 15) is 9.59 Å². The predicted octanol–water partition coefficient (Wildman–Crippen LogP) is 0.395. The number of cyclic esters (lactones) is 1. The third kappa shape index (κ3) is 3.18. The molecule has 1 aliphatic heterocycles. The molecule has 5 nitrogen and oxygen atoms in total. The lowest BCUT2D eigenvalue weighted by Gasteiger charge is -2.08. The first-order valence-corrected chi connectivity index (χ1v) is 4.19. The fourth-order valence-electron chi connectivity index (χ4n) is 1.03. The van der Waals surface area contributed by atoms with Crippen molar-refractivity contribution in [1.29, 1.82) is 0 Å². The number of rotatable bonds is 4. The van der Waals surface area contributed by atoms with Crippen LogP contribution in [0, 0.1) is 0 Å². The summed E-state index contributed by atoms with van der Waals surface area (Å²) >= 11 is 0. The molecule has 0 N–H and O–H groups in total. The second-order valence-corrected chi connectivity index (χ2v) is 2.96. The lowest BCUT2D eigenvalue weighted by molar-refractivity contribution is -0.159. The molecule has 0 aromatic carbocycles. The molecule has 0 radical (unpaired) electrons. The minimum Gasteiger partial charge on any atom is -0.456 e. The molecule has 5 heteroatoms. The summed E-state index contributed by atoms with van der Waals surface area (Å²) in [4.78, 5) is 21.2. The standard InChI is InChI=1S/C9H12O5/c1-6-3-8(14-9(6)11)4-12-5-13-7(2)10/h8H,1,3-5H2,2H3. The van der Waals surface area contributed by atoms with Crippen molar-refractivity contribution < 1.29 is 23.8 Å². The van der Waals surface area contributed by atoms with Gasteiger partial charge in [0, 0.05) is 18.9 Å². The summed E-state index contributed by atoms with van der Waals surface area (Å²) in [6.45, 7) is 4.92. The molecule has 0 spiro atoms. The van der Waals surface area contributed by atoms with Gasteiger partial charge in [-0.1, -0.05) is 6.58 Å². The number of esters is 2. The van der Waals surface area contributed by atoms with Crippen LogP contribution in [-0.4, -0.2) is 31.4 Å². The van der Waals surface area contributed by atoms with E-state index in [1.165, 1.54) is 6.92 Å². The van der Waals surface area contributed by atoms with Gasteiger partial charge in [0.25, 0.3) is 0 Å². The SMILES string of the molecule is C=C1CC(COCOC(C)=O)OC1=O. The highest BCUT2D eigenvalue weighted by Crippen LogP contribution is 2.18. The number of hydrogen-bond donors (Lipinski definition) is 0. The van der Waals surface area contributed by atoms with Crippen molar-refractivity contribution in [3.05, 3.63) is 12.2 Å². The Morgan fingerprint density at radius 2 is 2.43 bits per heavy atom. The van der Waals surface area contributed by atoms with Gasteiger partial charge in [-0.25, -0.2) is 4.79 Å². The van der Waals surface area contributed by atoms with E-state index in [4.69, 9.17) is 9.47 Å². The normalized spacial score (nSPS) is 20.8. The molecule has 78 valence electrons. The van der Waals surface area contributed by atoms with Crippen molar-refractivity contribution in [3.63, 3.8) is 0 Å². The maximum absolute atomic E-state index is 10.9. The monoisotopic (exact) mass is 200 g/mol. The van der Waals surface area contributed by atoms with Gasteiger partial charge in [-0.15, -0.1) is 0 Å². The Kier molecular flexibility index (Phi) is 3.64. The molecule has 0 aliphatic carbocycles. The van der Waals surface area contributed by atoms with Crippen LogP contribution in [0.3, 0.4) is 0 Å². The maximum Gasteiger partial charge on any atom is 0.333 e. The molecule has 1 heterocycles. The van der Waals surface area contributed by atoms with Gasteiger partial charge < -0.3 is 14.2 Å². The van der Waals surface area contributed by atoms with Gasteiger partial charge in [-0.3, -0.25) is 4.79 Å². The summed E-state index contributed by atoms with van der Waals surface area (Å²) < 4.78 is 14.4. The number of ether oxygens (including phenoxy) is 3. The van der Waals surface area contributed by atoms with Gasteiger partial charge in [0.05, 0.1) is 6.61 Å². The van der Waals surface area contributed by atoms with E-state index >= 15 is 0 Å². The molecule has 1 aliphatic rings. The highest BCUT2D eigenvalue weighted by molar-refractivity contribution is 5.89. The minimum absolute atomic E-state index is 0.115. The molecule has 1 saturated heterocycles. The molecule has 0 amide bonds. The van der Waals surface area contributed by atoms with Crippen LogP contribution in [-0.2, 0) is 23.8 Å². The largest absolute Gasteiger partial charge is 0.456 e. The van der Waals surface area contributed by atoms with E-state index in [1.54, 1.807) is 0 Å². The van der Waals surface area contributed by atoms with E-state index < -0.39 is 5.97 Å². The summed E-state index contributed by atoms with van der Waals surface area (Å²) in [5, 5.41) is 0. The first-order chi connectivity index (χ1) is 6.59. The number of hydrogen-bond acceptors (Lipinski definition) is 5. The fraction of sp³-hybridized carbons (Fsp3) is 0.556. The summed E-state index contributed by atoms with van der Waals surface area (Å²) in [7, 11) is 0. The molecule has 1 fully saturated rings. The first-order valence-electron chi connectivity index (χ1n) is 4.19. The minimum atomic E-state index is -0.405. The third-order valence-corrected chi connectivity index (χ3v) is 1.69. The van der Waals surface area contributed by atoms with E-state index in [0.717, 1.165) is 0 Å². The van der Waals surface area contributed by atoms with Crippen molar-refractivity contribution in [2.45, 2.75) is 19.4 Å². The number of carbonyl (C=O) groups excluding carboxylic acids is 2. The van der Waals surface area contributed by atoms with E-state index in [0.29, 0.717) is 12.0 Å². The topological polar surface area (TPSA) is 61.8 Å². The van der Waals surface area contributed by atoms with Crippen molar-refractivity contribution in [1.82, 2.24) is 0 Å². The van der Waals surface area contributed by atoms with Gasteiger partial charge >= 0.3 is 11.9 Å². The first kappa shape index (κ1) is 10.7. The molecule has 0 bridgehead atoms. The highest BCUT2D eigenvalue weighted by Gasteiger charge is 2.27. The van der Waals surface area contributed by atoms with Crippen LogP contribution in [0.15, 0.2) is 12.2 Å². The molecule has 14 heavy (non-hydrogen) atoms. The smallest absolute Gasteiger partial charge is 0.333 e. The fourth-order valence-corrected chi connectivity index (χ4v) is 1.03.